The van der Waals surface area contributed by atoms with E-state index in [1.807, 2.05) is 0 Å². The zero-order valence-corrected chi connectivity index (χ0v) is 8.39. The summed E-state index contributed by atoms with van der Waals surface area (Å²) in [4.78, 5) is 0. The molecule has 0 bridgehead atoms. The molecule has 0 aromatic heterocycles. The predicted octanol–water partition coefficient (Wildman–Crippen LogP) is -0.913. The normalized spacial score (nSPS) is 10.6. The average Bonchev–Trinajstić information content (AvgIpc) is 1.85. The maximum atomic E-state index is 4.91. The van der Waals surface area contributed by atoms with Crippen LogP contribution in [0.2, 0.25) is 0 Å². The van der Waals surface area contributed by atoms with Crippen LogP contribution in [0.15, 0.2) is 0 Å². The van der Waals surface area contributed by atoms with Crippen molar-refractivity contribution in [1.82, 2.24) is 3.88 Å². The minimum absolute atomic E-state index is 0.732. The maximum Gasteiger partial charge on any atom is 0.324 e. The van der Waals surface area contributed by atoms with Gasteiger partial charge in [-0.05, 0) is 0 Å². The van der Waals surface area contributed by atoms with Gasteiger partial charge in [0.2, 0.25) is 0 Å². The number of ether oxygens (including phenoxy) is 2. The molecule has 0 heterocycles. The van der Waals surface area contributed by atoms with Crippen molar-refractivity contribution in [1.29, 1.82) is 0 Å². The predicted molar refractivity (Wildman–Crippen MR) is 39.0 cm³/mol. The van der Waals surface area contributed by atoms with E-state index >= 15 is 0 Å². The van der Waals surface area contributed by atoms with E-state index in [9.17, 15) is 0 Å². The molecule has 0 radical (unpaired) electrons. The minimum atomic E-state index is 0.732. The molecule has 0 aromatic rings. The molecule has 0 spiro atoms. The number of hydrogen-bond donors (Lipinski definition) is 0. The minimum Gasteiger partial charge on any atom is -0.383 e. The summed E-state index contributed by atoms with van der Waals surface area (Å²) in [5.74, 6) is 0. The molecule has 0 unspecified atom stereocenters. The second kappa shape index (κ2) is 6.53. The van der Waals surface area contributed by atoms with Crippen LogP contribution < -0.4 is 0 Å². The first-order valence-electron chi connectivity index (χ1n) is 2.97. The molecule has 54 valence electrons. The Hall–Kier alpha value is 0.412. The van der Waals surface area contributed by atoms with Crippen LogP contribution in [0.5, 0.6) is 0 Å². The Balaban J connectivity index is 2.95. The summed E-state index contributed by atoms with van der Waals surface area (Å²) in [5.41, 5.74) is 0. The monoisotopic (exact) mass is 147 g/mol. The molecule has 0 saturated heterocycles. The number of hydrogen-bond acceptors (Lipinski definition) is 3. The molecule has 0 aromatic carbocycles. The van der Waals surface area contributed by atoms with Gasteiger partial charge in [-0.25, -0.2) is 0 Å². The van der Waals surface area contributed by atoms with Gasteiger partial charge in [0.05, 0.1) is 13.3 Å². The zero-order chi connectivity index (χ0) is 7.11. The van der Waals surface area contributed by atoms with Gasteiger partial charge in [0, 0.05) is 20.8 Å². The Morgan fingerprint density at radius 1 is 1.33 bits per heavy atom. The molecule has 0 aliphatic heterocycles. The van der Waals surface area contributed by atoms with Gasteiger partial charge in [0.1, 0.15) is 0 Å². The highest BCUT2D eigenvalue weighted by molar-refractivity contribution is 6.04. The van der Waals surface area contributed by atoms with E-state index in [-0.39, 0.29) is 0 Å². The van der Waals surface area contributed by atoms with Gasteiger partial charge in [-0.2, -0.15) is 0 Å². The molecule has 0 saturated carbocycles. The first kappa shape index (κ1) is 9.41. The van der Waals surface area contributed by atoms with Crippen molar-refractivity contribution in [2.45, 2.75) is 0 Å². The van der Waals surface area contributed by atoms with Gasteiger partial charge in [-0.1, -0.05) is 0 Å². The smallest absolute Gasteiger partial charge is 0.324 e. The highest BCUT2D eigenvalue weighted by Crippen LogP contribution is 1.79. The van der Waals surface area contributed by atoms with Gasteiger partial charge in [-0.3, -0.25) is 0 Å². The van der Waals surface area contributed by atoms with E-state index < -0.39 is 0 Å². The van der Waals surface area contributed by atoms with Crippen LogP contribution in [0.4, 0.5) is 0 Å². The summed E-state index contributed by atoms with van der Waals surface area (Å²) in [6.07, 6.45) is 0. The van der Waals surface area contributed by atoms with Gasteiger partial charge in [0.25, 0.3) is 0 Å². The van der Waals surface area contributed by atoms with Crippen LogP contribution in [0, 0.1) is 0 Å². The highest BCUT2D eigenvalue weighted by Gasteiger charge is 1.92. The van der Waals surface area contributed by atoms with E-state index in [0.29, 0.717) is 0 Å². The topological polar surface area (TPSA) is 21.7 Å². The summed E-state index contributed by atoms with van der Waals surface area (Å²) in [6.45, 7) is 2.51. The van der Waals surface area contributed by atoms with E-state index in [0.717, 1.165) is 36.4 Å². The van der Waals surface area contributed by atoms with Gasteiger partial charge in [-0.15, -0.1) is 0 Å². The quantitative estimate of drug-likeness (QED) is 0.371. The van der Waals surface area contributed by atoms with Crippen LogP contribution in [0.25, 0.3) is 0 Å². The lowest BCUT2D eigenvalue weighted by Gasteiger charge is -2.14. The summed E-state index contributed by atoms with van der Waals surface area (Å²) < 4.78 is 12.0. The summed E-state index contributed by atoms with van der Waals surface area (Å²) >= 11 is 1.04. The SMILES string of the molecule is COCC[N]([AlH2])COC. The van der Waals surface area contributed by atoms with E-state index in [2.05, 4.69) is 3.88 Å². The highest BCUT2D eigenvalue weighted by atomic mass is 27.1. The zero-order valence-electron chi connectivity index (χ0n) is 6.39. The molecule has 9 heavy (non-hydrogen) atoms. The molecular weight excluding hydrogens is 133 g/mol. The van der Waals surface area contributed by atoms with Gasteiger partial charge in [0.15, 0.2) is 0 Å². The third-order valence-corrected chi connectivity index (χ3v) is 1.73. The van der Waals surface area contributed by atoms with Crippen molar-refractivity contribution in [3.63, 3.8) is 0 Å². The average molecular weight is 147 g/mol. The van der Waals surface area contributed by atoms with E-state index in [1.165, 1.54) is 0 Å². The lowest BCUT2D eigenvalue weighted by molar-refractivity contribution is 0.0960. The molecule has 0 atom stereocenters. The second-order valence-electron chi connectivity index (χ2n) is 1.99. The van der Waals surface area contributed by atoms with Crippen molar-refractivity contribution in [2.24, 2.45) is 0 Å². The van der Waals surface area contributed by atoms with Gasteiger partial charge >= 0.3 is 16.5 Å². The van der Waals surface area contributed by atoms with Crippen LogP contribution in [0.3, 0.4) is 0 Å². The number of methoxy groups -OCH3 is 2. The first-order valence-corrected chi connectivity index (χ1v) is 3.87. The summed E-state index contributed by atoms with van der Waals surface area (Å²) in [6, 6.07) is 0. The molecule has 4 heteroatoms. The fraction of sp³-hybridized carbons (Fsp3) is 1.00. The van der Waals surface area contributed by atoms with Crippen LogP contribution in [0.1, 0.15) is 0 Å². The maximum absolute atomic E-state index is 4.91. The Morgan fingerprint density at radius 3 is 2.44 bits per heavy atom. The van der Waals surface area contributed by atoms with Crippen molar-refractivity contribution in [3.05, 3.63) is 0 Å². The van der Waals surface area contributed by atoms with E-state index in [4.69, 9.17) is 9.47 Å². The Bertz CT molecular complexity index is 62.9. The van der Waals surface area contributed by atoms with Crippen molar-refractivity contribution in [3.8, 4) is 0 Å². The fourth-order valence-electron chi connectivity index (χ4n) is 0.532. The Labute approximate surface area is 64.6 Å². The fourth-order valence-corrected chi connectivity index (χ4v) is 0.973. The van der Waals surface area contributed by atoms with Crippen LogP contribution >= 0.6 is 0 Å². The van der Waals surface area contributed by atoms with Crippen molar-refractivity contribution >= 4 is 16.5 Å². The Kier molecular flexibility index (Phi) is 6.83. The lowest BCUT2D eigenvalue weighted by atomic mass is 10.7. The molecule has 0 rings (SSSR count). The number of nitrogens with zero attached hydrogens (tertiary/aromatic N) is 1. The third-order valence-electron chi connectivity index (χ3n) is 1.03. The molecule has 0 N–H and O–H groups in total. The molecule has 0 amide bonds. The standard InChI is InChI=1S/C5H12NO2.Al.2H/c1-7-4-3-6-5-8-2;;;/h3-5H2,1-2H3;;;/q-1;+1;;. The lowest BCUT2D eigenvalue weighted by Crippen LogP contribution is -2.26. The molecule has 3 nitrogen and oxygen atoms in total. The second-order valence-corrected chi connectivity index (χ2v) is 3.26. The van der Waals surface area contributed by atoms with E-state index in [1.54, 1.807) is 14.2 Å². The molecule has 0 fully saturated rings. The van der Waals surface area contributed by atoms with Gasteiger partial charge < -0.3 is 13.4 Å². The summed E-state index contributed by atoms with van der Waals surface area (Å²) in [7, 11) is 3.42. The van der Waals surface area contributed by atoms with Crippen LogP contribution in [-0.4, -0.2) is 54.5 Å². The van der Waals surface area contributed by atoms with Crippen molar-refractivity contribution < 1.29 is 9.47 Å². The molecule has 0 aliphatic rings. The third kappa shape index (κ3) is 6.30. The largest absolute Gasteiger partial charge is 0.383 e. The van der Waals surface area contributed by atoms with Crippen molar-refractivity contribution in [2.75, 3.05) is 34.1 Å². The molecule has 0 aliphatic carbocycles. The Morgan fingerprint density at radius 2 is 2.00 bits per heavy atom. The van der Waals surface area contributed by atoms with Crippen LogP contribution in [-0.2, 0) is 9.47 Å². The number of rotatable bonds is 5. The summed E-state index contributed by atoms with van der Waals surface area (Å²) in [5, 5.41) is 0. The molecular formula is C5H14AlNO2. The first-order chi connectivity index (χ1) is 4.31.